The molecule has 3 aromatic rings. The largest absolute Gasteiger partial charge is 0.490 e. The van der Waals surface area contributed by atoms with E-state index in [-0.39, 0.29) is 42.5 Å². The quantitative estimate of drug-likeness (QED) is 0.583. The maximum absolute atomic E-state index is 13.4. The highest BCUT2D eigenvalue weighted by Crippen LogP contribution is 2.32. The van der Waals surface area contributed by atoms with E-state index < -0.39 is 0 Å². The molecule has 1 aliphatic heterocycles. The molecule has 8 nitrogen and oxygen atoms in total. The zero-order valence-corrected chi connectivity index (χ0v) is 19.8. The van der Waals surface area contributed by atoms with E-state index in [0.717, 1.165) is 5.56 Å². The van der Waals surface area contributed by atoms with E-state index in [1.165, 1.54) is 4.57 Å². The number of para-hydroxylation sites is 2. The minimum Gasteiger partial charge on any atom is -0.490 e. The Balaban J connectivity index is 1.62. The third-order valence-electron chi connectivity index (χ3n) is 5.79. The molecule has 1 N–H and O–H groups in total. The summed E-state index contributed by atoms with van der Waals surface area (Å²) >= 11 is 0. The van der Waals surface area contributed by atoms with Crippen LogP contribution in [0.1, 0.15) is 31.5 Å². The standard InChI is InChI=1S/C26H30N4O4/c1-17(2)15-27-24(31)11-9-20-26(33)30(21-7-5-4-6-19(21)28-20)16-25(32)29-12-13-34-23-10-8-18(3)14-22(23)29/h4-8,10,14,17H,9,11-13,15-16H2,1-3H3,(H,27,31). The fourth-order valence-corrected chi connectivity index (χ4v) is 4.01. The second kappa shape index (κ2) is 10.1. The summed E-state index contributed by atoms with van der Waals surface area (Å²) in [6, 6.07) is 13.0. The number of carbonyl (C=O) groups excluding carboxylic acids is 2. The van der Waals surface area contributed by atoms with E-state index in [4.69, 9.17) is 4.74 Å². The van der Waals surface area contributed by atoms with Gasteiger partial charge >= 0.3 is 0 Å². The molecular weight excluding hydrogens is 432 g/mol. The number of rotatable bonds is 7. The number of benzene rings is 2. The molecule has 4 rings (SSSR count). The topological polar surface area (TPSA) is 93.5 Å². The minimum atomic E-state index is -0.346. The van der Waals surface area contributed by atoms with Crippen LogP contribution in [0, 0.1) is 12.8 Å². The number of nitrogens with one attached hydrogen (secondary N) is 1. The fraction of sp³-hybridized carbons (Fsp3) is 0.385. The van der Waals surface area contributed by atoms with Gasteiger partial charge in [0.05, 0.1) is 23.3 Å². The summed E-state index contributed by atoms with van der Waals surface area (Å²) in [5, 5.41) is 2.86. The average molecular weight is 463 g/mol. The van der Waals surface area contributed by atoms with Gasteiger partial charge in [-0.3, -0.25) is 19.0 Å². The predicted octanol–water partition coefficient (Wildman–Crippen LogP) is 2.84. The van der Waals surface area contributed by atoms with Crippen LogP contribution in [0.2, 0.25) is 0 Å². The third-order valence-corrected chi connectivity index (χ3v) is 5.79. The molecule has 2 heterocycles. The first kappa shape index (κ1) is 23.5. The molecule has 2 amide bonds. The molecular formula is C26H30N4O4. The molecule has 178 valence electrons. The lowest BCUT2D eigenvalue weighted by Crippen LogP contribution is -2.42. The maximum atomic E-state index is 13.4. The van der Waals surface area contributed by atoms with Crippen molar-refractivity contribution in [2.75, 3.05) is 24.6 Å². The molecule has 0 atom stereocenters. The van der Waals surface area contributed by atoms with Crippen molar-refractivity contribution in [2.45, 2.75) is 40.2 Å². The Bertz CT molecular complexity index is 1280. The zero-order valence-electron chi connectivity index (χ0n) is 19.8. The summed E-state index contributed by atoms with van der Waals surface area (Å²) in [4.78, 5) is 45.1. The van der Waals surface area contributed by atoms with Crippen molar-refractivity contribution in [3.8, 4) is 5.75 Å². The summed E-state index contributed by atoms with van der Waals surface area (Å²) in [5.74, 6) is 0.686. The van der Waals surface area contributed by atoms with Crippen LogP contribution in [-0.4, -0.2) is 41.1 Å². The van der Waals surface area contributed by atoms with Crippen molar-refractivity contribution in [3.05, 3.63) is 64.1 Å². The highest BCUT2D eigenvalue weighted by molar-refractivity contribution is 5.96. The number of aromatic nitrogens is 2. The van der Waals surface area contributed by atoms with E-state index in [2.05, 4.69) is 10.3 Å². The summed E-state index contributed by atoms with van der Waals surface area (Å²) in [7, 11) is 0. The van der Waals surface area contributed by atoms with Crippen LogP contribution in [0.15, 0.2) is 47.3 Å². The second-order valence-electron chi connectivity index (χ2n) is 9.00. The number of nitrogens with zero attached hydrogens (tertiary/aromatic N) is 3. The second-order valence-corrected chi connectivity index (χ2v) is 9.00. The number of carbonyl (C=O) groups is 2. The number of amides is 2. The van der Waals surface area contributed by atoms with Gasteiger partial charge in [0.25, 0.3) is 5.56 Å². The van der Waals surface area contributed by atoms with E-state index in [1.54, 1.807) is 11.0 Å². The molecule has 0 spiro atoms. The van der Waals surface area contributed by atoms with Gasteiger partial charge in [-0.2, -0.15) is 0 Å². The first-order valence-electron chi connectivity index (χ1n) is 11.6. The Morgan fingerprint density at radius 2 is 1.97 bits per heavy atom. The summed E-state index contributed by atoms with van der Waals surface area (Å²) in [5.41, 5.74) is 2.87. The van der Waals surface area contributed by atoms with E-state index in [9.17, 15) is 14.4 Å². The molecule has 1 aliphatic rings. The molecule has 0 saturated heterocycles. The molecule has 0 saturated carbocycles. The highest BCUT2D eigenvalue weighted by Gasteiger charge is 2.25. The number of fused-ring (bicyclic) bond motifs is 2. The lowest BCUT2D eigenvalue weighted by atomic mass is 10.1. The molecule has 0 radical (unpaired) electrons. The summed E-state index contributed by atoms with van der Waals surface area (Å²) < 4.78 is 7.17. The van der Waals surface area contributed by atoms with Gasteiger partial charge in [-0.25, -0.2) is 4.98 Å². The Morgan fingerprint density at radius 3 is 2.76 bits per heavy atom. The molecule has 0 bridgehead atoms. The molecule has 34 heavy (non-hydrogen) atoms. The van der Waals surface area contributed by atoms with Crippen LogP contribution in [0.5, 0.6) is 5.75 Å². The van der Waals surface area contributed by atoms with E-state index in [1.807, 2.05) is 57.2 Å². The molecule has 8 heteroatoms. The SMILES string of the molecule is Cc1ccc2c(c1)N(C(=O)Cn1c(=O)c(CCC(=O)NCC(C)C)nc3ccccc31)CCO2. The zero-order chi connectivity index (χ0) is 24.2. The first-order valence-corrected chi connectivity index (χ1v) is 11.6. The summed E-state index contributed by atoms with van der Waals surface area (Å²) in [6.07, 6.45) is 0.374. The van der Waals surface area contributed by atoms with Gasteiger partial charge < -0.3 is 15.0 Å². The Labute approximate surface area is 198 Å². The monoisotopic (exact) mass is 462 g/mol. The maximum Gasteiger partial charge on any atom is 0.273 e. The van der Waals surface area contributed by atoms with Crippen molar-refractivity contribution < 1.29 is 14.3 Å². The van der Waals surface area contributed by atoms with Gasteiger partial charge in [0.2, 0.25) is 11.8 Å². The van der Waals surface area contributed by atoms with Gasteiger partial charge in [0.15, 0.2) is 0 Å². The predicted molar refractivity (Wildman–Crippen MR) is 131 cm³/mol. The number of hydrogen-bond acceptors (Lipinski definition) is 5. The van der Waals surface area contributed by atoms with Crippen LogP contribution in [0.3, 0.4) is 0 Å². The van der Waals surface area contributed by atoms with Gasteiger partial charge in [0.1, 0.15) is 24.6 Å². The normalized spacial score (nSPS) is 13.0. The van der Waals surface area contributed by atoms with Crippen molar-refractivity contribution >= 4 is 28.5 Å². The highest BCUT2D eigenvalue weighted by atomic mass is 16.5. The Morgan fingerprint density at radius 1 is 1.18 bits per heavy atom. The molecule has 0 unspecified atom stereocenters. The molecule has 0 fully saturated rings. The van der Waals surface area contributed by atoms with Crippen LogP contribution >= 0.6 is 0 Å². The van der Waals surface area contributed by atoms with Gasteiger partial charge in [0, 0.05) is 19.4 Å². The van der Waals surface area contributed by atoms with Crippen LogP contribution < -0.4 is 20.5 Å². The lowest BCUT2D eigenvalue weighted by molar-refractivity contribution is -0.121. The van der Waals surface area contributed by atoms with Crippen LogP contribution in [-0.2, 0) is 22.6 Å². The third kappa shape index (κ3) is 5.11. The number of anilines is 1. The van der Waals surface area contributed by atoms with Crippen molar-refractivity contribution in [1.82, 2.24) is 14.9 Å². The smallest absolute Gasteiger partial charge is 0.273 e. The number of hydrogen-bond donors (Lipinski definition) is 1. The van der Waals surface area contributed by atoms with Gasteiger partial charge in [-0.05, 0) is 42.7 Å². The van der Waals surface area contributed by atoms with Crippen molar-refractivity contribution in [2.24, 2.45) is 5.92 Å². The van der Waals surface area contributed by atoms with Crippen LogP contribution in [0.4, 0.5) is 5.69 Å². The van der Waals surface area contributed by atoms with E-state index >= 15 is 0 Å². The number of ether oxygens (including phenoxy) is 1. The van der Waals surface area contributed by atoms with E-state index in [0.29, 0.717) is 48.1 Å². The lowest BCUT2D eigenvalue weighted by Gasteiger charge is -2.30. The Hall–Kier alpha value is -3.68. The van der Waals surface area contributed by atoms with Crippen molar-refractivity contribution in [1.29, 1.82) is 0 Å². The molecule has 0 aliphatic carbocycles. The average Bonchev–Trinajstić information content (AvgIpc) is 2.82. The minimum absolute atomic E-state index is 0.119. The fourth-order valence-electron chi connectivity index (χ4n) is 4.01. The summed E-state index contributed by atoms with van der Waals surface area (Å²) in [6.45, 7) is 7.28. The molecule has 1 aromatic heterocycles. The number of aryl methyl sites for hydroxylation is 2. The first-order chi connectivity index (χ1) is 16.3. The van der Waals surface area contributed by atoms with Gasteiger partial charge in [-0.1, -0.05) is 32.0 Å². The Kier molecular flexibility index (Phi) is 6.95. The van der Waals surface area contributed by atoms with Crippen LogP contribution in [0.25, 0.3) is 11.0 Å². The molecule has 2 aromatic carbocycles. The van der Waals surface area contributed by atoms with Gasteiger partial charge in [-0.15, -0.1) is 0 Å². The van der Waals surface area contributed by atoms with Crippen molar-refractivity contribution in [3.63, 3.8) is 0 Å².